The molecule has 126 valence electrons. The number of amidine groups is 1. The van der Waals surface area contributed by atoms with E-state index in [0.29, 0.717) is 6.02 Å². The smallest absolute Gasteiger partial charge is 0.762 e. The van der Waals surface area contributed by atoms with E-state index in [1.165, 1.54) is 0 Å². The highest BCUT2D eigenvalue weighted by Gasteiger charge is 2.17. The van der Waals surface area contributed by atoms with Crippen LogP contribution in [0.15, 0.2) is 5.16 Å². The summed E-state index contributed by atoms with van der Waals surface area (Å²) >= 11 is 0. The van der Waals surface area contributed by atoms with Gasteiger partial charge in [-0.1, -0.05) is 5.16 Å². The molecule has 0 aromatic rings. The predicted molar refractivity (Wildman–Crippen MR) is 70.6 cm³/mol. The number of halogens is 4. The van der Waals surface area contributed by atoms with Gasteiger partial charge in [-0.25, -0.2) is 14.3 Å². The van der Waals surface area contributed by atoms with Gasteiger partial charge in [0.25, 0.3) is 5.71 Å². The first-order valence-electron chi connectivity index (χ1n) is 5.63. The van der Waals surface area contributed by atoms with E-state index in [1.807, 2.05) is 0 Å². The zero-order chi connectivity index (χ0) is 17.0. The van der Waals surface area contributed by atoms with E-state index in [4.69, 9.17) is 10.1 Å². The standard InChI is InChI=1S/C10H17N4O3.BF3.FH/c1-6-16-9(15)8(7-11)12-17-10(13(2)3)14(4)5;2-1(3)4;/h6H2,1-5H3;;1H/q+1;;/p-1/b12-8+;;. The highest BCUT2D eigenvalue weighted by atomic mass is 19.4. The van der Waals surface area contributed by atoms with Gasteiger partial charge in [0.05, 0.1) is 34.8 Å². The van der Waals surface area contributed by atoms with Gasteiger partial charge in [-0.15, -0.1) is 0 Å². The zero-order valence-corrected chi connectivity index (χ0v) is 12.8. The fourth-order valence-electron chi connectivity index (χ4n) is 0.953. The lowest BCUT2D eigenvalue weighted by Gasteiger charge is -2.07. The lowest BCUT2D eigenvalue weighted by Crippen LogP contribution is -3.00. The molecule has 0 aliphatic rings. The fourth-order valence-corrected chi connectivity index (χ4v) is 0.953. The molecule has 0 aromatic carbocycles. The molecule has 0 aromatic heterocycles. The van der Waals surface area contributed by atoms with Gasteiger partial charge in [0.15, 0.2) is 0 Å². The molecule has 0 saturated heterocycles. The number of carbonyl (C=O) groups excluding carboxylic acids is 1. The molecule has 0 fully saturated rings. The third kappa shape index (κ3) is 12.7. The van der Waals surface area contributed by atoms with Crippen LogP contribution in [-0.2, 0) is 14.4 Å². The normalized spacial score (nSPS) is 9.14. The first-order chi connectivity index (χ1) is 9.67. The second-order valence-corrected chi connectivity index (χ2v) is 3.68. The average molecular weight is 328 g/mol. The van der Waals surface area contributed by atoms with Gasteiger partial charge in [0, 0.05) is 0 Å². The van der Waals surface area contributed by atoms with E-state index in [1.54, 1.807) is 50.7 Å². The minimum atomic E-state index is -3.67. The van der Waals surface area contributed by atoms with E-state index in [0.717, 1.165) is 0 Å². The second-order valence-electron chi connectivity index (χ2n) is 3.68. The number of hydrogen-bond acceptors (Lipinski definition) is 5. The maximum Gasteiger partial charge on any atom is 0.762 e. The van der Waals surface area contributed by atoms with Crippen LogP contribution in [0.4, 0.5) is 12.9 Å². The predicted octanol–water partition coefficient (Wildman–Crippen LogP) is -2.48. The van der Waals surface area contributed by atoms with E-state index in [2.05, 4.69) is 9.89 Å². The van der Waals surface area contributed by atoms with Crippen molar-refractivity contribution in [1.29, 1.82) is 5.26 Å². The molecule has 0 atom stereocenters. The Balaban J connectivity index is -0.000000640. The van der Waals surface area contributed by atoms with E-state index in [9.17, 15) is 17.7 Å². The molecule has 0 aliphatic carbocycles. The zero-order valence-electron chi connectivity index (χ0n) is 12.8. The molecular formula is C10H17BF4N4O3. The Labute approximate surface area is 126 Å². The SMILES string of the molecule is CCOC(=O)/C(C#N)=N/OC(N(C)C)=[N+](C)C.FB(F)F.[F-]. The van der Waals surface area contributed by atoms with E-state index >= 15 is 0 Å². The number of rotatable bonds is 3. The summed E-state index contributed by atoms with van der Waals surface area (Å²) in [5, 5.41) is 12.2. The highest BCUT2D eigenvalue weighted by molar-refractivity contribution is 6.42. The van der Waals surface area contributed by atoms with Gasteiger partial charge < -0.3 is 9.44 Å². The van der Waals surface area contributed by atoms with Crippen molar-refractivity contribution >= 4 is 25.2 Å². The maximum absolute atomic E-state index is 11.2. The van der Waals surface area contributed by atoms with Gasteiger partial charge in [0.2, 0.25) is 0 Å². The Hall–Kier alpha value is -2.32. The summed E-state index contributed by atoms with van der Waals surface area (Å²) in [6.07, 6.45) is 0. The Morgan fingerprint density at radius 1 is 1.36 bits per heavy atom. The molecule has 0 bridgehead atoms. The van der Waals surface area contributed by atoms with Crippen molar-refractivity contribution in [3.63, 3.8) is 0 Å². The minimum Gasteiger partial charge on any atom is -1.00 e. The molecule has 7 nitrogen and oxygen atoms in total. The van der Waals surface area contributed by atoms with E-state index in [-0.39, 0.29) is 11.3 Å². The van der Waals surface area contributed by atoms with Gasteiger partial charge in [-0.2, -0.15) is 5.26 Å². The quantitative estimate of drug-likeness (QED) is 0.109. The van der Waals surface area contributed by atoms with Crippen LogP contribution in [0.25, 0.3) is 0 Å². The molecule has 0 spiro atoms. The van der Waals surface area contributed by atoms with E-state index < -0.39 is 19.2 Å². The molecule has 0 heterocycles. The Bertz CT molecular complexity index is 432. The largest absolute Gasteiger partial charge is 1.00 e. The summed E-state index contributed by atoms with van der Waals surface area (Å²) in [6, 6.07) is 2.01. The number of nitriles is 1. The maximum atomic E-state index is 11.2. The van der Waals surface area contributed by atoms with Crippen LogP contribution in [0.2, 0.25) is 0 Å². The van der Waals surface area contributed by atoms with Crippen LogP contribution < -0.4 is 4.70 Å². The molecule has 0 rings (SSSR count). The summed E-state index contributed by atoms with van der Waals surface area (Å²) in [5.74, 6) is -0.799. The van der Waals surface area contributed by atoms with Crippen LogP contribution in [0.1, 0.15) is 6.92 Å². The van der Waals surface area contributed by atoms with Crippen LogP contribution in [-0.4, -0.2) is 69.5 Å². The van der Waals surface area contributed by atoms with Crippen molar-refractivity contribution in [3.05, 3.63) is 0 Å². The average Bonchev–Trinajstić information content (AvgIpc) is 2.33. The molecule has 0 amide bonds. The molecular weight excluding hydrogens is 311 g/mol. The van der Waals surface area contributed by atoms with Crippen molar-refractivity contribution < 1.29 is 36.6 Å². The lowest BCUT2D eigenvalue weighted by molar-refractivity contribution is -0.480. The summed E-state index contributed by atoms with van der Waals surface area (Å²) in [6.45, 7) is 1.82. The molecule has 0 saturated carbocycles. The van der Waals surface area contributed by atoms with Crippen LogP contribution in [0.5, 0.6) is 0 Å². The molecule has 0 N–H and O–H groups in total. The van der Waals surface area contributed by atoms with Crippen molar-refractivity contribution in [2.45, 2.75) is 6.92 Å². The topological polar surface area (TPSA) is 77.9 Å². The molecule has 0 unspecified atom stereocenters. The molecule has 0 aliphatic heterocycles. The fraction of sp³-hybridized carbons (Fsp3) is 0.600. The van der Waals surface area contributed by atoms with Crippen molar-refractivity contribution in [2.24, 2.45) is 5.16 Å². The second kappa shape index (κ2) is 13.7. The number of esters is 1. The van der Waals surface area contributed by atoms with Gasteiger partial charge in [-0.3, -0.25) is 17.8 Å². The number of oxime groups is 1. The number of carbonyl (C=O) groups is 1. The molecule has 12 heteroatoms. The van der Waals surface area contributed by atoms with Crippen LogP contribution in [0.3, 0.4) is 0 Å². The van der Waals surface area contributed by atoms with Crippen LogP contribution in [0, 0.1) is 11.3 Å². The summed E-state index contributed by atoms with van der Waals surface area (Å²) < 4.78 is 35.3. The number of ether oxygens (including phenoxy) is 1. The third-order valence-corrected chi connectivity index (χ3v) is 1.56. The highest BCUT2D eigenvalue weighted by Crippen LogP contribution is 1.91. The molecule has 0 radical (unpaired) electrons. The summed E-state index contributed by atoms with van der Waals surface area (Å²) in [5.41, 5.74) is -0.423. The van der Waals surface area contributed by atoms with Gasteiger partial charge in [-0.05, 0) is 6.92 Å². The Kier molecular flexibility index (Phi) is 15.3. The van der Waals surface area contributed by atoms with Gasteiger partial charge >= 0.3 is 19.5 Å². The third-order valence-electron chi connectivity index (χ3n) is 1.56. The lowest BCUT2D eigenvalue weighted by atomic mass is 10.4. The number of nitrogens with zero attached hydrogens (tertiary/aromatic N) is 4. The van der Waals surface area contributed by atoms with Gasteiger partial charge in [0.1, 0.15) is 6.07 Å². The summed E-state index contributed by atoms with van der Waals surface area (Å²) in [4.78, 5) is 17.9. The van der Waals surface area contributed by atoms with Crippen LogP contribution >= 0.6 is 0 Å². The number of hydrogen-bond donors (Lipinski definition) is 0. The Morgan fingerprint density at radius 3 is 2.09 bits per heavy atom. The van der Waals surface area contributed by atoms with Crippen molar-refractivity contribution in [2.75, 3.05) is 34.8 Å². The van der Waals surface area contributed by atoms with Crippen molar-refractivity contribution in [1.82, 2.24) is 4.90 Å². The first-order valence-corrected chi connectivity index (χ1v) is 5.63. The monoisotopic (exact) mass is 328 g/mol. The Morgan fingerprint density at radius 2 is 1.82 bits per heavy atom. The first kappa shape index (κ1) is 24.7. The summed E-state index contributed by atoms with van der Waals surface area (Å²) in [7, 11) is 3.34. The minimum absolute atomic E-state index is 0. The molecule has 22 heavy (non-hydrogen) atoms. The van der Waals surface area contributed by atoms with Crippen molar-refractivity contribution in [3.8, 4) is 6.07 Å².